The molecule has 1 atom stereocenters. The highest BCUT2D eigenvalue weighted by Gasteiger charge is 2.23. The van der Waals surface area contributed by atoms with E-state index in [1.807, 2.05) is 0 Å². The van der Waals surface area contributed by atoms with Gasteiger partial charge >= 0.3 is 12.0 Å². The fraction of sp³-hybridized carbons (Fsp3) is 0.444. The molecular formula is C9H13N5O3. The molecule has 92 valence electrons. The lowest BCUT2D eigenvalue weighted by Crippen LogP contribution is -2.46. The highest BCUT2D eigenvalue weighted by atomic mass is 16.4. The number of carbonyl (C=O) groups is 2. The summed E-state index contributed by atoms with van der Waals surface area (Å²) >= 11 is 0. The van der Waals surface area contributed by atoms with E-state index in [0.29, 0.717) is 0 Å². The van der Waals surface area contributed by atoms with E-state index in [9.17, 15) is 9.59 Å². The number of urea groups is 1. The molecule has 0 bridgehead atoms. The molecule has 1 unspecified atom stereocenters. The fourth-order valence-corrected chi connectivity index (χ4v) is 1.10. The van der Waals surface area contributed by atoms with Crippen molar-refractivity contribution in [1.82, 2.24) is 20.5 Å². The first-order chi connectivity index (χ1) is 8.00. The van der Waals surface area contributed by atoms with Crippen LogP contribution >= 0.6 is 0 Å². The first-order valence-corrected chi connectivity index (χ1v) is 4.94. The highest BCUT2D eigenvalue weighted by molar-refractivity contribution is 5.90. The zero-order chi connectivity index (χ0) is 12.8. The Morgan fingerprint density at radius 1 is 1.35 bits per heavy atom. The standard InChI is InChI=1S/C9H13N5O3/c1-5(2)6(7(15)16)12-9(17)13-8-10-3-4-11-14-8/h3-6H,1-2H3,(H,15,16)(H2,10,12,13,14,17). The Morgan fingerprint density at radius 3 is 2.53 bits per heavy atom. The Kier molecular flexibility index (Phi) is 4.32. The normalized spacial score (nSPS) is 11.9. The number of nitrogens with zero attached hydrogens (tertiary/aromatic N) is 3. The molecule has 3 N–H and O–H groups in total. The zero-order valence-electron chi connectivity index (χ0n) is 9.41. The van der Waals surface area contributed by atoms with Crippen molar-refractivity contribution in [3.05, 3.63) is 12.4 Å². The average molecular weight is 239 g/mol. The Balaban J connectivity index is 2.57. The molecular weight excluding hydrogens is 226 g/mol. The van der Waals surface area contributed by atoms with Crippen LogP contribution in [0.1, 0.15) is 13.8 Å². The van der Waals surface area contributed by atoms with Gasteiger partial charge in [0.2, 0.25) is 0 Å². The Hall–Kier alpha value is -2.25. The molecule has 0 saturated carbocycles. The fourth-order valence-electron chi connectivity index (χ4n) is 1.10. The first-order valence-electron chi connectivity index (χ1n) is 4.94. The maximum Gasteiger partial charge on any atom is 0.326 e. The lowest BCUT2D eigenvalue weighted by Gasteiger charge is -2.17. The van der Waals surface area contributed by atoms with Crippen LogP contribution in [0.15, 0.2) is 12.4 Å². The second-order valence-corrected chi connectivity index (χ2v) is 3.62. The van der Waals surface area contributed by atoms with Crippen molar-refractivity contribution in [2.24, 2.45) is 5.92 Å². The molecule has 0 aliphatic carbocycles. The number of aromatic nitrogens is 3. The predicted octanol–water partition coefficient (Wildman–Crippen LogP) is 0.102. The molecule has 8 nitrogen and oxygen atoms in total. The minimum absolute atomic E-state index is 0.0119. The summed E-state index contributed by atoms with van der Waals surface area (Å²) in [7, 11) is 0. The third-order valence-electron chi connectivity index (χ3n) is 1.93. The van der Waals surface area contributed by atoms with E-state index in [1.54, 1.807) is 13.8 Å². The van der Waals surface area contributed by atoms with Crippen LogP contribution in [0.3, 0.4) is 0 Å². The van der Waals surface area contributed by atoms with Crippen molar-refractivity contribution in [2.45, 2.75) is 19.9 Å². The molecule has 0 radical (unpaired) electrons. The number of rotatable bonds is 4. The second-order valence-electron chi connectivity index (χ2n) is 3.62. The smallest absolute Gasteiger partial charge is 0.326 e. The van der Waals surface area contributed by atoms with Gasteiger partial charge in [-0.05, 0) is 5.92 Å². The van der Waals surface area contributed by atoms with Crippen LogP contribution in [0.2, 0.25) is 0 Å². The molecule has 0 aromatic carbocycles. The van der Waals surface area contributed by atoms with Crippen LogP contribution in [0, 0.1) is 5.92 Å². The SMILES string of the molecule is CC(C)C(NC(=O)Nc1nccnn1)C(=O)O. The van der Waals surface area contributed by atoms with Crippen molar-refractivity contribution in [3.63, 3.8) is 0 Å². The van der Waals surface area contributed by atoms with Gasteiger partial charge in [-0.2, -0.15) is 5.10 Å². The molecule has 8 heteroatoms. The molecule has 0 aliphatic heterocycles. The van der Waals surface area contributed by atoms with Gasteiger partial charge in [0, 0.05) is 0 Å². The molecule has 1 rings (SSSR count). The number of carboxylic acids is 1. The number of amides is 2. The van der Waals surface area contributed by atoms with E-state index in [-0.39, 0.29) is 11.9 Å². The van der Waals surface area contributed by atoms with Gasteiger partial charge in [-0.25, -0.2) is 14.6 Å². The topological polar surface area (TPSA) is 117 Å². The van der Waals surface area contributed by atoms with Crippen molar-refractivity contribution < 1.29 is 14.7 Å². The number of hydrogen-bond acceptors (Lipinski definition) is 5. The third-order valence-corrected chi connectivity index (χ3v) is 1.93. The van der Waals surface area contributed by atoms with E-state index < -0.39 is 18.0 Å². The van der Waals surface area contributed by atoms with Gasteiger partial charge < -0.3 is 10.4 Å². The summed E-state index contributed by atoms with van der Waals surface area (Å²) in [6, 6.07) is -1.65. The molecule has 0 aliphatic rings. The van der Waals surface area contributed by atoms with E-state index in [2.05, 4.69) is 25.8 Å². The lowest BCUT2D eigenvalue weighted by molar-refractivity contribution is -0.140. The van der Waals surface area contributed by atoms with Crippen LogP contribution in [0.25, 0.3) is 0 Å². The van der Waals surface area contributed by atoms with E-state index in [0.717, 1.165) is 0 Å². The summed E-state index contributed by atoms with van der Waals surface area (Å²) in [6.45, 7) is 3.39. The van der Waals surface area contributed by atoms with Crippen LogP contribution in [0.5, 0.6) is 0 Å². The molecule has 1 aromatic heterocycles. The van der Waals surface area contributed by atoms with Crippen LogP contribution < -0.4 is 10.6 Å². The van der Waals surface area contributed by atoms with Gasteiger partial charge in [0.05, 0.1) is 12.4 Å². The molecule has 1 aromatic rings. The maximum atomic E-state index is 11.4. The third kappa shape index (κ3) is 4.01. The lowest BCUT2D eigenvalue weighted by atomic mass is 10.1. The van der Waals surface area contributed by atoms with Crippen molar-refractivity contribution in [3.8, 4) is 0 Å². The van der Waals surface area contributed by atoms with E-state index in [4.69, 9.17) is 5.11 Å². The molecule has 0 saturated heterocycles. The van der Waals surface area contributed by atoms with E-state index in [1.165, 1.54) is 12.4 Å². The monoisotopic (exact) mass is 239 g/mol. The summed E-state index contributed by atoms with van der Waals surface area (Å²) in [5, 5.41) is 20.5. The predicted molar refractivity (Wildman–Crippen MR) is 58.2 cm³/mol. The minimum Gasteiger partial charge on any atom is -0.480 e. The van der Waals surface area contributed by atoms with Gasteiger partial charge in [-0.3, -0.25) is 5.32 Å². The Morgan fingerprint density at radius 2 is 2.06 bits per heavy atom. The Labute approximate surface area is 97.5 Å². The van der Waals surface area contributed by atoms with Gasteiger partial charge in [0.1, 0.15) is 6.04 Å². The molecule has 0 fully saturated rings. The molecule has 1 heterocycles. The number of aliphatic carboxylic acids is 1. The van der Waals surface area contributed by atoms with Crippen molar-refractivity contribution in [1.29, 1.82) is 0 Å². The molecule has 2 amide bonds. The van der Waals surface area contributed by atoms with Crippen LogP contribution in [-0.4, -0.2) is 38.3 Å². The first kappa shape index (κ1) is 12.8. The van der Waals surface area contributed by atoms with Gasteiger partial charge in [0.25, 0.3) is 5.95 Å². The minimum atomic E-state index is -1.10. The largest absolute Gasteiger partial charge is 0.480 e. The Bertz CT molecular complexity index is 395. The highest BCUT2D eigenvalue weighted by Crippen LogP contribution is 2.02. The summed E-state index contributed by atoms with van der Waals surface area (Å²) in [5.74, 6) is -1.31. The van der Waals surface area contributed by atoms with E-state index >= 15 is 0 Å². The number of nitrogens with one attached hydrogen (secondary N) is 2. The zero-order valence-corrected chi connectivity index (χ0v) is 9.41. The van der Waals surface area contributed by atoms with Crippen molar-refractivity contribution in [2.75, 3.05) is 5.32 Å². The second kappa shape index (κ2) is 5.73. The quantitative estimate of drug-likeness (QED) is 0.686. The molecule has 0 spiro atoms. The summed E-state index contributed by atoms with van der Waals surface area (Å²) in [4.78, 5) is 26.0. The average Bonchev–Trinajstić information content (AvgIpc) is 2.26. The summed E-state index contributed by atoms with van der Waals surface area (Å²) in [5.41, 5.74) is 0. The number of hydrogen-bond donors (Lipinski definition) is 3. The number of carbonyl (C=O) groups excluding carboxylic acids is 1. The van der Waals surface area contributed by atoms with Crippen LogP contribution in [-0.2, 0) is 4.79 Å². The molecule has 17 heavy (non-hydrogen) atoms. The number of anilines is 1. The summed E-state index contributed by atoms with van der Waals surface area (Å²) in [6.07, 6.45) is 2.72. The van der Waals surface area contributed by atoms with Gasteiger partial charge in [-0.1, -0.05) is 13.8 Å². The van der Waals surface area contributed by atoms with Gasteiger partial charge in [-0.15, -0.1) is 5.10 Å². The van der Waals surface area contributed by atoms with Crippen LogP contribution in [0.4, 0.5) is 10.7 Å². The van der Waals surface area contributed by atoms with Crippen molar-refractivity contribution >= 4 is 17.9 Å². The maximum absolute atomic E-state index is 11.4. The van der Waals surface area contributed by atoms with Gasteiger partial charge in [0.15, 0.2) is 0 Å². The summed E-state index contributed by atoms with van der Waals surface area (Å²) < 4.78 is 0. The number of carboxylic acid groups (broad SMARTS) is 1.